The summed E-state index contributed by atoms with van der Waals surface area (Å²) in [6, 6.07) is 13.7. The lowest BCUT2D eigenvalue weighted by molar-refractivity contribution is -0.0332. The third kappa shape index (κ3) is 4.53. The number of pyridine rings is 1. The Bertz CT molecular complexity index is 1470. The fraction of sp³-hybridized carbons (Fsp3) is 0.321. The number of hydrogen-bond acceptors (Lipinski definition) is 7. The van der Waals surface area contributed by atoms with Crippen LogP contribution in [0.4, 0.5) is 5.82 Å². The quantitative estimate of drug-likeness (QED) is 0.333. The molecule has 4 aromatic rings. The first-order valence-electron chi connectivity index (χ1n) is 11.9. The molecule has 36 heavy (non-hydrogen) atoms. The number of aryl methyl sites for hydroxylation is 1. The predicted octanol–water partition coefficient (Wildman–Crippen LogP) is 5.19. The predicted molar refractivity (Wildman–Crippen MR) is 143 cm³/mol. The van der Waals surface area contributed by atoms with E-state index in [1.807, 2.05) is 43.3 Å². The van der Waals surface area contributed by atoms with E-state index in [1.165, 1.54) is 16.9 Å². The third-order valence-corrected chi connectivity index (χ3v) is 8.09. The molecule has 3 heterocycles. The lowest BCUT2D eigenvalue weighted by Crippen LogP contribution is -2.50. The van der Waals surface area contributed by atoms with Crippen LogP contribution in [-0.4, -0.2) is 55.0 Å². The fourth-order valence-corrected chi connectivity index (χ4v) is 6.15. The molecule has 0 radical (unpaired) electrons. The summed E-state index contributed by atoms with van der Waals surface area (Å²) in [5.41, 5.74) is 4.46. The number of ether oxygens (including phenoxy) is 2. The number of carbonyl (C=O) groups is 2. The van der Waals surface area contributed by atoms with E-state index < -0.39 is 0 Å². The van der Waals surface area contributed by atoms with Crippen molar-refractivity contribution in [3.63, 3.8) is 0 Å². The molecule has 0 aliphatic carbocycles. The van der Waals surface area contributed by atoms with E-state index in [0.717, 1.165) is 51.8 Å². The topological polar surface area (TPSA) is 80.8 Å². The molecular weight excluding hydrogens is 474 g/mol. The smallest absolute Gasteiger partial charge is 0.267 e. The number of methoxy groups -OCH3 is 2. The number of fused-ring (bicyclic) bond motifs is 2. The van der Waals surface area contributed by atoms with Crippen LogP contribution in [0.3, 0.4) is 0 Å². The van der Waals surface area contributed by atoms with E-state index >= 15 is 0 Å². The number of nitrogens with one attached hydrogen (secondary N) is 1. The van der Waals surface area contributed by atoms with Gasteiger partial charge >= 0.3 is 0 Å². The highest BCUT2D eigenvalue weighted by molar-refractivity contribution is 7.21. The van der Waals surface area contributed by atoms with E-state index in [1.54, 1.807) is 21.1 Å². The molecular formula is C28H29N3O4S. The van der Waals surface area contributed by atoms with Crippen LogP contribution < -0.4 is 5.32 Å². The first-order valence-corrected chi connectivity index (χ1v) is 12.7. The summed E-state index contributed by atoms with van der Waals surface area (Å²) in [4.78, 5) is 33.2. The molecule has 1 saturated heterocycles. The van der Waals surface area contributed by atoms with E-state index in [0.29, 0.717) is 29.0 Å². The number of benzene rings is 2. The maximum absolute atomic E-state index is 13.3. The van der Waals surface area contributed by atoms with Gasteiger partial charge in [0.05, 0.1) is 23.1 Å². The second-order valence-electron chi connectivity index (χ2n) is 9.21. The number of anilines is 1. The second kappa shape index (κ2) is 10.1. The zero-order valence-electron chi connectivity index (χ0n) is 20.9. The van der Waals surface area contributed by atoms with Crippen molar-refractivity contribution in [2.24, 2.45) is 0 Å². The normalized spacial score (nSPS) is 14.3. The summed E-state index contributed by atoms with van der Waals surface area (Å²) >= 11 is 1.34. The number of nitrogens with zero attached hydrogens (tertiary/aromatic N) is 2. The molecule has 7 nitrogen and oxygen atoms in total. The summed E-state index contributed by atoms with van der Waals surface area (Å²) in [7, 11) is 3.39. The van der Waals surface area contributed by atoms with Gasteiger partial charge in [0, 0.05) is 54.9 Å². The highest BCUT2D eigenvalue weighted by Gasteiger charge is 2.26. The van der Waals surface area contributed by atoms with Crippen LogP contribution in [0.5, 0.6) is 0 Å². The molecule has 2 aromatic carbocycles. The average molecular weight is 504 g/mol. The number of aromatic nitrogens is 1. The van der Waals surface area contributed by atoms with Crippen LogP contribution in [0.2, 0.25) is 0 Å². The maximum Gasteiger partial charge on any atom is 0.267 e. The molecule has 8 heteroatoms. The van der Waals surface area contributed by atoms with Gasteiger partial charge in [0.15, 0.2) is 5.78 Å². The third-order valence-electron chi connectivity index (χ3n) is 6.76. The molecule has 1 aliphatic heterocycles. The van der Waals surface area contributed by atoms with Gasteiger partial charge in [-0.05, 0) is 54.8 Å². The zero-order valence-corrected chi connectivity index (χ0v) is 21.7. The minimum absolute atomic E-state index is 0.0276. The molecule has 0 unspecified atom stereocenters. The van der Waals surface area contributed by atoms with Gasteiger partial charge in [0.2, 0.25) is 0 Å². The Kier molecular flexibility index (Phi) is 6.85. The number of likely N-dealkylation sites (tertiary alicyclic amines) is 1. The minimum atomic E-state index is -0.235. The molecule has 2 aromatic heterocycles. The van der Waals surface area contributed by atoms with Gasteiger partial charge in [-0.2, -0.15) is 0 Å². The van der Waals surface area contributed by atoms with Gasteiger partial charge in [-0.1, -0.05) is 18.2 Å². The second-order valence-corrected chi connectivity index (χ2v) is 10.2. The van der Waals surface area contributed by atoms with Gasteiger partial charge in [-0.15, -0.1) is 11.3 Å². The molecule has 1 amide bonds. The molecule has 186 valence electrons. The summed E-state index contributed by atoms with van der Waals surface area (Å²) in [5, 5.41) is 4.95. The maximum atomic E-state index is 13.3. The highest BCUT2D eigenvalue weighted by atomic mass is 32.1. The number of rotatable bonds is 8. The Morgan fingerprint density at radius 2 is 1.92 bits per heavy atom. The average Bonchev–Trinajstić information content (AvgIpc) is 3.18. The van der Waals surface area contributed by atoms with Crippen LogP contribution in [0.25, 0.3) is 21.0 Å². The van der Waals surface area contributed by atoms with Crippen molar-refractivity contribution in [2.75, 3.05) is 32.6 Å². The van der Waals surface area contributed by atoms with Crippen molar-refractivity contribution in [1.82, 2.24) is 9.88 Å². The van der Waals surface area contributed by atoms with Crippen molar-refractivity contribution < 1.29 is 19.1 Å². The van der Waals surface area contributed by atoms with E-state index in [4.69, 9.17) is 14.5 Å². The van der Waals surface area contributed by atoms with Gasteiger partial charge in [-0.25, -0.2) is 4.98 Å². The summed E-state index contributed by atoms with van der Waals surface area (Å²) in [6.07, 6.45) is 0.314. The Labute approximate surface area is 214 Å². The number of ketones is 1. The van der Waals surface area contributed by atoms with Gasteiger partial charge in [0.25, 0.3) is 5.91 Å². The first kappa shape index (κ1) is 24.5. The molecule has 0 bridgehead atoms. The molecule has 1 N–H and O–H groups in total. The number of carbonyl (C=O) groups excluding carboxylic acids is 2. The Hall–Kier alpha value is -3.17. The van der Waals surface area contributed by atoms with E-state index in [9.17, 15) is 9.59 Å². The van der Waals surface area contributed by atoms with Crippen LogP contribution in [0.15, 0.2) is 42.5 Å². The van der Waals surface area contributed by atoms with Gasteiger partial charge in [0.1, 0.15) is 5.82 Å². The molecule has 0 spiro atoms. The van der Waals surface area contributed by atoms with Crippen LogP contribution >= 0.6 is 11.3 Å². The highest BCUT2D eigenvalue weighted by Crippen LogP contribution is 2.37. The number of amides is 1. The largest absolute Gasteiger partial charge is 0.380 e. The van der Waals surface area contributed by atoms with Crippen molar-refractivity contribution >= 4 is 49.8 Å². The Balaban J connectivity index is 1.42. The first-order chi connectivity index (χ1) is 17.4. The van der Waals surface area contributed by atoms with Gasteiger partial charge in [-0.3, -0.25) is 14.5 Å². The number of thiophene rings is 1. The summed E-state index contributed by atoms with van der Waals surface area (Å²) in [5.74, 6) is 0.231. The SMILES string of the molecule is COCc1ccc(C(C)=O)c2sc(C(=O)Nc3ccc4c(CN5CC(OC)C5)cccc4n3)c(C)c12. The van der Waals surface area contributed by atoms with E-state index in [-0.39, 0.29) is 11.7 Å². The lowest BCUT2D eigenvalue weighted by Gasteiger charge is -2.38. The molecule has 0 atom stereocenters. The Morgan fingerprint density at radius 1 is 1.11 bits per heavy atom. The minimum Gasteiger partial charge on any atom is -0.380 e. The number of Topliss-reactive ketones (excluding diaryl/α,β-unsaturated/α-hetero) is 1. The molecule has 1 fully saturated rings. The molecule has 1 aliphatic rings. The monoisotopic (exact) mass is 503 g/mol. The zero-order chi connectivity index (χ0) is 25.4. The van der Waals surface area contributed by atoms with Crippen molar-refractivity contribution in [2.45, 2.75) is 33.1 Å². The van der Waals surface area contributed by atoms with Crippen LogP contribution in [-0.2, 0) is 22.6 Å². The molecule has 0 saturated carbocycles. The van der Waals surface area contributed by atoms with Crippen molar-refractivity contribution in [3.05, 3.63) is 69.6 Å². The van der Waals surface area contributed by atoms with Crippen LogP contribution in [0, 0.1) is 6.92 Å². The van der Waals surface area contributed by atoms with Crippen molar-refractivity contribution in [3.8, 4) is 0 Å². The Morgan fingerprint density at radius 3 is 2.64 bits per heavy atom. The number of hydrogen-bond donors (Lipinski definition) is 1. The molecule has 5 rings (SSSR count). The van der Waals surface area contributed by atoms with Crippen molar-refractivity contribution in [1.29, 1.82) is 0 Å². The summed E-state index contributed by atoms with van der Waals surface area (Å²) < 4.78 is 11.5. The van der Waals surface area contributed by atoms with E-state index in [2.05, 4.69) is 16.3 Å². The standard InChI is InChI=1S/C28H29N3O4S/c1-16-25-19(15-34-3)8-9-21(17(2)32)27(25)36-26(16)28(33)30-24-11-10-22-18(6-5-7-23(22)29-24)12-31-13-20(14-31)35-4/h5-11,20H,12-15H2,1-4H3,(H,29,30,33). The lowest BCUT2D eigenvalue weighted by atomic mass is 10.0. The van der Waals surface area contributed by atoms with Crippen LogP contribution in [0.1, 0.15) is 43.6 Å². The fourth-order valence-electron chi connectivity index (χ4n) is 4.84. The van der Waals surface area contributed by atoms with Gasteiger partial charge < -0.3 is 14.8 Å². The summed E-state index contributed by atoms with van der Waals surface area (Å²) in [6.45, 7) is 6.58.